The van der Waals surface area contributed by atoms with Crippen molar-refractivity contribution in [2.24, 2.45) is 0 Å². The Morgan fingerprint density at radius 2 is 2.05 bits per heavy atom. The third kappa shape index (κ3) is 2.76. The molecule has 0 fully saturated rings. The van der Waals surface area contributed by atoms with E-state index in [4.69, 9.17) is 4.98 Å². The highest BCUT2D eigenvalue weighted by molar-refractivity contribution is 7.92. The van der Waals surface area contributed by atoms with Gasteiger partial charge in [0.25, 0.3) is 0 Å². The van der Waals surface area contributed by atoms with Crippen molar-refractivity contribution in [2.45, 2.75) is 57.9 Å². The SMILES string of the molecule is CC(C)c1nc2c(n1CC(C)(C)S(C)(=O)=O)CCNC2. The van der Waals surface area contributed by atoms with Crippen LogP contribution in [0.15, 0.2) is 0 Å². The number of nitrogens with zero attached hydrogens (tertiary/aromatic N) is 2. The Bertz CT molecular complexity index is 600. The first-order valence-corrected chi connectivity index (χ1v) is 9.01. The average Bonchev–Trinajstić information content (AvgIpc) is 2.67. The second-order valence-electron chi connectivity index (χ2n) is 6.56. The highest BCUT2D eigenvalue weighted by Gasteiger charge is 2.33. The first kappa shape index (κ1) is 15.5. The van der Waals surface area contributed by atoms with E-state index in [1.807, 2.05) is 0 Å². The van der Waals surface area contributed by atoms with Crippen LogP contribution in [0.4, 0.5) is 0 Å². The monoisotopic (exact) mass is 299 g/mol. The number of rotatable bonds is 4. The molecule has 0 radical (unpaired) electrons. The van der Waals surface area contributed by atoms with E-state index in [0.717, 1.165) is 31.0 Å². The third-order valence-electron chi connectivity index (χ3n) is 4.08. The molecule has 1 N–H and O–H groups in total. The van der Waals surface area contributed by atoms with Crippen molar-refractivity contribution < 1.29 is 8.42 Å². The van der Waals surface area contributed by atoms with Gasteiger partial charge in [0, 0.05) is 43.9 Å². The zero-order chi connectivity index (χ0) is 15.1. The molecule has 1 aliphatic heterocycles. The van der Waals surface area contributed by atoms with Crippen LogP contribution in [0.1, 0.15) is 50.8 Å². The van der Waals surface area contributed by atoms with Crippen molar-refractivity contribution in [3.63, 3.8) is 0 Å². The van der Waals surface area contributed by atoms with Crippen LogP contribution in [0.5, 0.6) is 0 Å². The summed E-state index contributed by atoms with van der Waals surface area (Å²) < 4.78 is 25.3. The topological polar surface area (TPSA) is 64.0 Å². The van der Waals surface area contributed by atoms with E-state index in [0.29, 0.717) is 6.54 Å². The minimum absolute atomic E-state index is 0.288. The second-order valence-corrected chi connectivity index (χ2v) is 9.21. The Labute approximate surface area is 121 Å². The largest absolute Gasteiger partial charge is 0.330 e. The summed E-state index contributed by atoms with van der Waals surface area (Å²) in [7, 11) is -3.11. The van der Waals surface area contributed by atoms with Gasteiger partial charge >= 0.3 is 0 Å². The lowest BCUT2D eigenvalue weighted by Gasteiger charge is -2.27. The van der Waals surface area contributed by atoms with Crippen molar-refractivity contribution in [1.82, 2.24) is 14.9 Å². The number of hydrogen-bond acceptors (Lipinski definition) is 4. The van der Waals surface area contributed by atoms with Gasteiger partial charge in [-0.1, -0.05) is 13.8 Å². The second kappa shape index (κ2) is 5.15. The molecular weight excluding hydrogens is 274 g/mol. The molecule has 114 valence electrons. The maximum Gasteiger partial charge on any atom is 0.154 e. The number of aromatic nitrogens is 2. The van der Waals surface area contributed by atoms with E-state index in [1.54, 1.807) is 13.8 Å². The number of fused-ring (bicyclic) bond motifs is 1. The molecule has 0 aliphatic carbocycles. The van der Waals surface area contributed by atoms with Gasteiger partial charge in [-0.05, 0) is 13.8 Å². The molecule has 0 saturated heterocycles. The van der Waals surface area contributed by atoms with Gasteiger partial charge in [0.2, 0.25) is 0 Å². The molecule has 1 aliphatic rings. The molecule has 2 heterocycles. The van der Waals surface area contributed by atoms with Crippen LogP contribution < -0.4 is 5.32 Å². The van der Waals surface area contributed by atoms with E-state index in [9.17, 15) is 8.42 Å². The lowest BCUT2D eigenvalue weighted by molar-refractivity contribution is 0.474. The zero-order valence-corrected chi connectivity index (χ0v) is 13.8. The summed E-state index contributed by atoms with van der Waals surface area (Å²) >= 11 is 0. The van der Waals surface area contributed by atoms with Crippen LogP contribution in [0, 0.1) is 0 Å². The van der Waals surface area contributed by atoms with Gasteiger partial charge in [-0.15, -0.1) is 0 Å². The molecule has 0 spiro atoms. The fourth-order valence-corrected chi connectivity index (χ4v) is 2.87. The molecule has 0 bridgehead atoms. The Morgan fingerprint density at radius 1 is 1.40 bits per heavy atom. The molecule has 6 heteroatoms. The van der Waals surface area contributed by atoms with Gasteiger partial charge in [-0.2, -0.15) is 0 Å². The molecule has 1 aromatic rings. The molecule has 0 amide bonds. The molecular formula is C14H25N3O2S. The summed E-state index contributed by atoms with van der Waals surface area (Å²) in [5, 5.41) is 3.32. The summed E-state index contributed by atoms with van der Waals surface area (Å²) in [5.41, 5.74) is 2.27. The Hall–Kier alpha value is -0.880. The predicted octanol–water partition coefficient (Wildman–Crippen LogP) is 1.48. The van der Waals surface area contributed by atoms with Gasteiger partial charge in [0.1, 0.15) is 5.82 Å². The first-order chi connectivity index (χ1) is 9.13. The van der Waals surface area contributed by atoms with E-state index in [1.165, 1.54) is 11.9 Å². The lowest BCUT2D eigenvalue weighted by Crippen LogP contribution is -2.37. The van der Waals surface area contributed by atoms with Crippen LogP contribution in [-0.4, -0.2) is 35.5 Å². The number of sulfone groups is 1. The van der Waals surface area contributed by atoms with Crippen LogP contribution in [-0.2, 0) is 29.3 Å². The normalized spacial score (nSPS) is 16.5. The van der Waals surface area contributed by atoms with Gasteiger partial charge in [-0.25, -0.2) is 13.4 Å². The van der Waals surface area contributed by atoms with Gasteiger partial charge in [-0.3, -0.25) is 0 Å². The predicted molar refractivity (Wildman–Crippen MR) is 80.6 cm³/mol. The molecule has 5 nitrogen and oxygen atoms in total. The summed E-state index contributed by atoms with van der Waals surface area (Å²) in [6.45, 7) is 9.97. The quantitative estimate of drug-likeness (QED) is 0.914. The molecule has 0 saturated carbocycles. The highest BCUT2D eigenvalue weighted by atomic mass is 32.2. The van der Waals surface area contributed by atoms with E-state index in [2.05, 4.69) is 23.7 Å². The molecule has 20 heavy (non-hydrogen) atoms. The molecule has 0 unspecified atom stereocenters. The van der Waals surface area contributed by atoms with Crippen LogP contribution in [0.25, 0.3) is 0 Å². The molecule has 0 aromatic carbocycles. The third-order valence-corrected chi connectivity index (χ3v) is 6.21. The summed E-state index contributed by atoms with van der Waals surface area (Å²) in [4.78, 5) is 4.72. The van der Waals surface area contributed by atoms with E-state index < -0.39 is 14.6 Å². The molecule has 2 rings (SSSR count). The lowest BCUT2D eigenvalue weighted by atomic mass is 10.1. The van der Waals surface area contributed by atoms with Gasteiger partial charge in [0.05, 0.1) is 10.4 Å². The Morgan fingerprint density at radius 3 is 2.60 bits per heavy atom. The Kier molecular flexibility index (Phi) is 3.99. The number of nitrogens with one attached hydrogen (secondary N) is 1. The minimum atomic E-state index is -3.11. The number of imidazole rings is 1. The van der Waals surface area contributed by atoms with Gasteiger partial charge in [0.15, 0.2) is 9.84 Å². The fourth-order valence-electron chi connectivity index (χ4n) is 2.51. The minimum Gasteiger partial charge on any atom is -0.330 e. The Balaban J connectivity index is 2.47. The van der Waals surface area contributed by atoms with Crippen LogP contribution in [0.3, 0.4) is 0 Å². The molecule has 0 atom stereocenters. The van der Waals surface area contributed by atoms with E-state index >= 15 is 0 Å². The summed E-state index contributed by atoms with van der Waals surface area (Å²) in [6.07, 6.45) is 2.22. The van der Waals surface area contributed by atoms with Crippen molar-refractivity contribution in [3.05, 3.63) is 17.2 Å². The standard InChI is InChI=1S/C14H25N3O2S/c1-10(2)13-16-11-8-15-7-6-12(11)17(13)9-14(3,4)20(5,18)19/h10,15H,6-9H2,1-5H3. The van der Waals surface area contributed by atoms with Crippen LogP contribution in [0.2, 0.25) is 0 Å². The van der Waals surface area contributed by atoms with Crippen molar-refractivity contribution in [3.8, 4) is 0 Å². The van der Waals surface area contributed by atoms with E-state index in [-0.39, 0.29) is 5.92 Å². The maximum absolute atomic E-state index is 12.0. The first-order valence-electron chi connectivity index (χ1n) is 7.12. The highest BCUT2D eigenvalue weighted by Crippen LogP contribution is 2.26. The smallest absolute Gasteiger partial charge is 0.154 e. The van der Waals surface area contributed by atoms with Crippen molar-refractivity contribution in [1.29, 1.82) is 0 Å². The fraction of sp³-hybridized carbons (Fsp3) is 0.786. The molecule has 1 aromatic heterocycles. The van der Waals surface area contributed by atoms with Crippen LogP contribution >= 0.6 is 0 Å². The van der Waals surface area contributed by atoms with Gasteiger partial charge < -0.3 is 9.88 Å². The number of hydrogen-bond donors (Lipinski definition) is 1. The average molecular weight is 299 g/mol. The summed E-state index contributed by atoms with van der Waals surface area (Å²) in [5.74, 6) is 1.28. The van der Waals surface area contributed by atoms with Crippen molar-refractivity contribution in [2.75, 3.05) is 12.8 Å². The zero-order valence-electron chi connectivity index (χ0n) is 13.0. The van der Waals surface area contributed by atoms with Crippen molar-refractivity contribution >= 4 is 9.84 Å². The maximum atomic E-state index is 12.0. The summed E-state index contributed by atoms with van der Waals surface area (Å²) in [6, 6.07) is 0.